The van der Waals surface area contributed by atoms with Gasteiger partial charge in [0.1, 0.15) is 6.04 Å². The second-order valence-corrected chi connectivity index (χ2v) is 7.32. The predicted molar refractivity (Wildman–Crippen MR) is 109 cm³/mol. The fourth-order valence-electron chi connectivity index (χ4n) is 2.96. The van der Waals surface area contributed by atoms with Gasteiger partial charge < -0.3 is 10.2 Å². The number of rotatable bonds is 8. The molecule has 0 fully saturated rings. The van der Waals surface area contributed by atoms with Crippen molar-refractivity contribution >= 4 is 11.8 Å². The van der Waals surface area contributed by atoms with Crippen molar-refractivity contribution in [1.82, 2.24) is 10.2 Å². The second-order valence-electron chi connectivity index (χ2n) is 7.32. The highest BCUT2D eigenvalue weighted by Crippen LogP contribution is 2.11. The summed E-state index contributed by atoms with van der Waals surface area (Å²) in [5.74, 6) is -0.142. The van der Waals surface area contributed by atoms with E-state index in [0.717, 1.165) is 23.1 Å². The Morgan fingerprint density at radius 3 is 2.15 bits per heavy atom. The molecule has 144 valence electrons. The lowest BCUT2D eigenvalue weighted by Crippen LogP contribution is -2.50. The first kappa shape index (κ1) is 20.7. The van der Waals surface area contributed by atoms with Gasteiger partial charge in [-0.3, -0.25) is 9.59 Å². The lowest BCUT2D eigenvalue weighted by molar-refractivity contribution is -0.139. The Morgan fingerprint density at radius 2 is 1.56 bits per heavy atom. The quantitative estimate of drug-likeness (QED) is 0.777. The molecular formula is C23H30N2O2. The smallest absolute Gasteiger partial charge is 0.242 e. The number of hydrogen-bond acceptors (Lipinski definition) is 2. The highest BCUT2D eigenvalue weighted by Gasteiger charge is 2.26. The van der Waals surface area contributed by atoms with Gasteiger partial charge in [0.2, 0.25) is 11.8 Å². The first-order valence-electron chi connectivity index (χ1n) is 9.56. The molecule has 2 rings (SSSR count). The van der Waals surface area contributed by atoms with Crippen molar-refractivity contribution in [3.63, 3.8) is 0 Å². The van der Waals surface area contributed by atoms with Gasteiger partial charge in [0, 0.05) is 12.6 Å². The van der Waals surface area contributed by atoms with Crippen molar-refractivity contribution in [2.45, 2.75) is 52.6 Å². The summed E-state index contributed by atoms with van der Waals surface area (Å²) in [5.41, 5.74) is 3.28. The number of hydrogen-bond donors (Lipinski definition) is 1. The van der Waals surface area contributed by atoms with Crippen LogP contribution in [-0.4, -0.2) is 35.3 Å². The summed E-state index contributed by atoms with van der Waals surface area (Å²) in [7, 11) is 0. The normalized spacial score (nSPS) is 11.9. The van der Waals surface area contributed by atoms with Gasteiger partial charge in [-0.15, -0.1) is 0 Å². The number of benzene rings is 2. The van der Waals surface area contributed by atoms with E-state index in [4.69, 9.17) is 0 Å². The molecule has 1 atom stereocenters. The summed E-state index contributed by atoms with van der Waals surface area (Å²) in [4.78, 5) is 27.2. The van der Waals surface area contributed by atoms with E-state index < -0.39 is 6.04 Å². The molecule has 0 saturated heterocycles. The van der Waals surface area contributed by atoms with E-state index >= 15 is 0 Å². The molecule has 0 aromatic heterocycles. The Kier molecular flexibility index (Phi) is 7.59. The van der Waals surface area contributed by atoms with Gasteiger partial charge in [-0.25, -0.2) is 0 Å². The fraction of sp³-hybridized carbons (Fsp3) is 0.391. The molecule has 0 spiro atoms. The van der Waals surface area contributed by atoms with Gasteiger partial charge in [-0.05, 0) is 45.2 Å². The molecule has 4 heteroatoms. The third-order valence-corrected chi connectivity index (χ3v) is 4.56. The highest BCUT2D eigenvalue weighted by molar-refractivity contribution is 5.88. The van der Waals surface area contributed by atoms with Crippen molar-refractivity contribution < 1.29 is 9.59 Å². The van der Waals surface area contributed by atoms with Crippen LogP contribution in [0.3, 0.4) is 0 Å². The second kappa shape index (κ2) is 9.91. The molecule has 1 N–H and O–H groups in total. The minimum absolute atomic E-state index is 0.0267. The van der Waals surface area contributed by atoms with Crippen molar-refractivity contribution in [2.24, 2.45) is 0 Å². The number of nitrogens with one attached hydrogen (secondary N) is 1. The molecule has 0 aliphatic heterocycles. The average Bonchev–Trinajstić information content (AvgIpc) is 2.64. The molecule has 0 radical (unpaired) electrons. The molecule has 0 heterocycles. The summed E-state index contributed by atoms with van der Waals surface area (Å²) in [6.45, 7) is 8.19. The van der Waals surface area contributed by atoms with E-state index in [1.807, 2.05) is 75.4 Å². The lowest BCUT2D eigenvalue weighted by Gasteiger charge is -2.29. The number of carbonyl (C=O) groups is 2. The van der Waals surface area contributed by atoms with Gasteiger partial charge >= 0.3 is 0 Å². The minimum atomic E-state index is -0.505. The maximum absolute atomic E-state index is 13.0. The molecular weight excluding hydrogens is 336 g/mol. The standard InChI is InChI=1S/C23H30N2O2/c1-17(2)24-23(27)19(4)25(15-14-20-8-6-5-7-9-20)22(26)16-21-12-10-18(3)11-13-21/h5-13,17,19H,14-16H2,1-4H3,(H,24,27)/t19-/m0/s1. The Labute approximate surface area is 162 Å². The molecule has 0 bridgehead atoms. The number of aryl methyl sites for hydroxylation is 1. The van der Waals surface area contributed by atoms with Crippen LogP contribution in [0, 0.1) is 6.92 Å². The van der Waals surface area contributed by atoms with Crippen LogP contribution in [-0.2, 0) is 22.4 Å². The van der Waals surface area contributed by atoms with Crippen LogP contribution >= 0.6 is 0 Å². The first-order valence-corrected chi connectivity index (χ1v) is 9.56. The molecule has 2 aromatic carbocycles. The predicted octanol–water partition coefficient (Wildman–Crippen LogP) is 3.52. The van der Waals surface area contributed by atoms with Gasteiger partial charge in [-0.1, -0.05) is 60.2 Å². The molecule has 2 aromatic rings. The van der Waals surface area contributed by atoms with E-state index in [-0.39, 0.29) is 17.9 Å². The van der Waals surface area contributed by atoms with Crippen LogP contribution in [0.25, 0.3) is 0 Å². The van der Waals surface area contributed by atoms with Crippen LogP contribution in [0.2, 0.25) is 0 Å². The maximum atomic E-state index is 13.0. The molecule has 2 amide bonds. The molecule has 0 saturated carbocycles. The number of amides is 2. The van der Waals surface area contributed by atoms with E-state index in [0.29, 0.717) is 13.0 Å². The van der Waals surface area contributed by atoms with Gasteiger partial charge in [0.15, 0.2) is 0 Å². The van der Waals surface area contributed by atoms with Gasteiger partial charge in [-0.2, -0.15) is 0 Å². The molecule has 4 nitrogen and oxygen atoms in total. The summed E-state index contributed by atoms with van der Waals surface area (Å²) >= 11 is 0. The Bertz CT molecular complexity index is 739. The Balaban J connectivity index is 2.12. The highest BCUT2D eigenvalue weighted by atomic mass is 16.2. The third-order valence-electron chi connectivity index (χ3n) is 4.56. The molecule has 0 aliphatic rings. The minimum Gasteiger partial charge on any atom is -0.352 e. The van der Waals surface area contributed by atoms with Crippen LogP contribution in [0.1, 0.15) is 37.5 Å². The van der Waals surface area contributed by atoms with E-state index in [1.165, 1.54) is 0 Å². The van der Waals surface area contributed by atoms with Crippen LogP contribution < -0.4 is 5.32 Å². The fourth-order valence-corrected chi connectivity index (χ4v) is 2.96. The van der Waals surface area contributed by atoms with Crippen LogP contribution in [0.4, 0.5) is 0 Å². The van der Waals surface area contributed by atoms with Crippen molar-refractivity contribution in [2.75, 3.05) is 6.54 Å². The largest absolute Gasteiger partial charge is 0.352 e. The van der Waals surface area contributed by atoms with E-state index in [9.17, 15) is 9.59 Å². The molecule has 0 aliphatic carbocycles. The van der Waals surface area contributed by atoms with Gasteiger partial charge in [0.05, 0.1) is 6.42 Å². The summed E-state index contributed by atoms with van der Waals surface area (Å²) < 4.78 is 0. The van der Waals surface area contributed by atoms with Crippen molar-refractivity contribution in [1.29, 1.82) is 0 Å². The van der Waals surface area contributed by atoms with E-state index in [1.54, 1.807) is 11.8 Å². The topological polar surface area (TPSA) is 49.4 Å². The zero-order chi connectivity index (χ0) is 19.8. The van der Waals surface area contributed by atoms with E-state index in [2.05, 4.69) is 5.32 Å². The molecule has 27 heavy (non-hydrogen) atoms. The van der Waals surface area contributed by atoms with Crippen molar-refractivity contribution in [3.8, 4) is 0 Å². The third kappa shape index (κ3) is 6.55. The molecule has 0 unspecified atom stereocenters. The average molecular weight is 367 g/mol. The van der Waals surface area contributed by atoms with Crippen molar-refractivity contribution in [3.05, 3.63) is 71.3 Å². The maximum Gasteiger partial charge on any atom is 0.242 e. The number of carbonyl (C=O) groups excluding carboxylic acids is 2. The monoisotopic (exact) mass is 366 g/mol. The zero-order valence-corrected chi connectivity index (χ0v) is 16.7. The lowest BCUT2D eigenvalue weighted by atomic mass is 10.1. The summed E-state index contributed by atoms with van der Waals surface area (Å²) in [6, 6.07) is 17.5. The number of nitrogens with zero attached hydrogens (tertiary/aromatic N) is 1. The SMILES string of the molecule is Cc1ccc(CC(=O)N(CCc2ccccc2)[C@@H](C)C(=O)NC(C)C)cc1. The summed E-state index contributed by atoms with van der Waals surface area (Å²) in [6.07, 6.45) is 1.02. The zero-order valence-electron chi connectivity index (χ0n) is 16.7. The van der Waals surface area contributed by atoms with Gasteiger partial charge in [0.25, 0.3) is 0 Å². The summed E-state index contributed by atoms with van der Waals surface area (Å²) in [5, 5.41) is 2.91. The van der Waals surface area contributed by atoms with Crippen LogP contribution in [0.15, 0.2) is 54.6 Å². The Hall–Kier alpha value is -2.62. The van der Waals surface area contributed by atoms with Crippen LogP contribution in [0.5, 0.6) is 0 Å². The Morgan fingerprint density at radius 1 is 0.926 bits per heavy atom. The first-order chi connectivity index (χ1) is 12.9.